The van der Waals surface area contributed by atoms with E-state index in [0.29, 0.717) is 60.1 Å². The molecule has 1 amide bonds. The first-order valence-corrected chi connectivity index (χ1v) is 13.5. The number of fused-ring (bicyclic) bond motifs is 1. The third-order valence-electron chi connectivity index (χ3n) is 7.63. The van der Waals surface area contributed by atoms with E-state index in [9.17, 15) is 14.4 Å². The fourth-order valence-corrected chi connectivity index (χ4v) is 5.33. The molecule has 9 nitrogen and oxygen atoms in total. The summed E-state index contributed by atoms with van der Waals surface area (Å²) >= 11 is 0. The first kappa shape index (κ1) is 28.1. The molecule has 2 aliphatic heterocycles. The Labute approximate surface area is 238 Å². The fraction of sp³-hybridized carbons (Fsp3) is 0.355. The predicted octanol–water partition coefficient (Wildman–Crippen LogP) is 4.65. The molecule has 2 aromatic heterocycles. The van der Waals surface area contributed by atoms with E-state index in [2.05, 4.69) is 27.5 Å². The molecule has 0 radical (unpaired) electrons. The van der Waals surface area contributed by atoms with Crippen molar-refractivity contribution >= 4 is 34.5 Å². The molecule has 1 aromatic carbocycles. The number of ether oxygens (including phenoxy) is 1. The molecule has 4 heterocycles. The molecule has 0 spiro atoms. The van der Waals surface area contributed by atoms with E-state index < -0.39 is 6.17 Å². The number of likely N-dealkylation sites (N-methyl/N-ethyl adjacent to an activating group) is 1. The van der Waals surface area contributed by atoms with Gasteiger partial charge >= 0.3 is 0 Å². The second kappa shape index (κ2) is 11.9. The number of aromatic nitrogens is 1. The van der Waals surface area contributed by atoms with Crippen LogP contribution in [0.1, 0.15) is 24.2 Å². The van der Waals surface area contributed by atoms with E-state index in [4.69, 9.17) is 9.15 Å². The standard InChI is InChI=1S/C31H33FN6O3/c1-20(31(39)38-12-9-25(18-38)36(2)3)35-16-23(19-40-4)29-14-27-30(41-29)26(7-10-34-27)21-5-6-28(22(13-21)15-33)37-11-8-24(32)17-37/h5-7,10,13-14,16,19,24-25H,1,8-9,11-12,17-18H2,2-4H3/b23-19-,35-16-/t24?,25-/m1/s1. The highest BCUT2D eigenvalue weighted by Crippen LogP contribution is 2.35. The molecule has 10 heteroatoms. The molecular weight excluding hydrogens is 523 g/mol. The second-order valence-electron chi connectivity index (χ2n) is 10.5. The summed E-state index contributed by atoms with van der Waals surface area (Å²) in [6.45, 7) is 6.06. The number of hydrogen-bond donors (Lipinski definition) is 0. The van der Waals surface area contributed by atoms with E-state index in [0.717, 1.165) is 23.2 Å². The number of hydrogen-bond acceptors (Lipinski definition) is 8. The number of alkyl halides is 1. The highest BCUT2D eigenvalue weighted by atomic mass is 19.1. The molecule has 0 N–H and O–H groups in total. The minimum atomic E-state index is -0.883. The number of anilines is 1. The number of amides is 1. The number of methoxy groups -OCH3 is 1. The van der Waals surface area contributed by atoms with Gasteiger partial charge in [-0.15, -0.1) is 0 Å². The minimum absolute atomic E-state index is 0.127. The Kier molecular flexibility index (Phi) is 8.17. The molecule has 2 fully saturated rings. The Balaban J connectivity index is 1.40. The van der Waals surface area contributed by atoms with Gasteiger partial charge in [-0.2, -0.15) is 5.26 Å². The maximum atomic E-state index is 13.8. The summed E-state index contributed by atoms with van der Waals surface area (Å²) in [5.74, 6) is 0.242. The molecule has 1 unspecified atom stereocenters. The van der Waals surface area contributed by atoms with E-state index in [1.54, 1.807) is 23.2 Å². The molecular formula is C31H33FN6O3. The van der Waals surface area contributed by atoms with Crippen LogP contribution in [-0.4, -0.2) is 86.5 Å². The Morgan fingerprint density at radius 3 is 2.78 bits per heavy atom. The van der Waals surface area contributed by atoms with E-state index >= 15 is 0 Å². The number of pyridine rings is 1. The Morgan fingerprint density at radius 1 is 1.27 bits per heavy atom. The largest absolute Gasteiger partial charge is 0.504 e. The molecule has 2 aliphatic rings. The average molecular weight is 557 g/mol. The quantitative estimate of drug-likeness (QED) is 0.226. The highest BCUT2D eigenvalue weighted by molar-refractivity contribution is 6.11. The van der Waals surface area contributed by atoms with Crippen molar-refractivity contribution in [3.8, 4) is 17.2 Å². The number of aliphatic imine (C=N–C) groups is 1. The average Bonchev–Trinajstić information content (AvgIpc) is 3.74. The number of nitrogens with zero attached hydrogens (tertiary/aromatic N) is 6. The van der Waals surface area contributed by atoms with Crippen molar-refractivity contribution < 1.29 is 18.3 Å². The lowest BCUT2D eigenvalue weighted by atomic mass is 10.0. The van der Waals surface area contributed by atoms with Gasteiger partial charge < -0.3 is 23.9 Å². The van der Waals surface area contributed by atoms with Gasteiger partial charge in [0.2, 0.25) is 0 Å². The molecule has 0 saturated carbocycles. The molecule has 41 heavy (non-hydrogen) atoms. The molecule has 5 rings (SSSR count). The van der Waals surface area contributed by atoms with E-state index in [1.165, 1.54) is 19.6 Å². The third-order valence-corrected chi connectivity index (χ3v) is 7.63. The van der Waals surface area contributed by atoms with Gasteiger partial charge in [-0.25, -0.2) is 4.39 Å². The van der Waals surface area contributed by atoms with Gasteiger partial charge in [0.25, 0.3) is 5.91 Å². The van der Waals surface area contributed by atoms with E-state index in [-0.39, 0.29) is 18.1 Å². The summed E-state index contributed by atoms with van der Waals surface area (Å²) in [5.41, 5.74) is 4.50. The van der Waals surface area contributed by atoms with Crippen molar-refractivity contribution in [2.45, 2.75) is 25.1 Å². The van der Waals surface area contributed by atoms with Gasteiger partial charge in [0.15, 0.2) is 5.58 Å². The third kappa shape index (κ3) is 5.86. The van der Waals surface area contributed by atoms with Crippen LogP contribution >= 0.6 is 0 Å². The van der Waals surface area contributed by atoms with Gasteiger partial charge in [0.1, 0.15) is 29.2 Å². The van der Waals surface area contributed by atoms with Crippen molar-refractivity contribution in [1.82, 2.24) is 14.8 Å². The number of nitriles is 1. The molecule has 2 saturated heterocycles. The number of rotatable bonds is 8. The normalized spacial score (nSPS) is 19.5. The number of carbonyl (C=O) groups excluding carboxylic acids is 1. The lowest BCUT2D eigenvalue weighted by Crippen LogP contribution is -2.34. The number of benzene rings is 1. The zero-order valence-corrected chi connectivity index (χ0v) is 23.5. The van der Waals surface area contributed by atoms with Crippen molar-refractivity contribution in [3.63, 3.8) is 0 Å². The highest BCUT2D eigenvalue weighted by Gasteiger charge is 2.28. The Hall–Kier alpha value is -4.49. The zero-order chi connectivity index (χ0) is 29.1. The summed E-state index contributed by atoms with van der Waals surface area (Å²) < 4.78 is 25.3. The summed E-state index contributed by atoms with van der Waals surface area (Å²) in [6, 6.07) is 11.7. The maximum absolute atomic E-state index is 13.8. The van der Waals surface area contributed by atoms with Crippen molar-refractivity contribution in [1.29, 1.82) is 5.26 Å². The summed E-state index contributed by atoms with van der Waals surface area (Å²) in [4.78, 5) is 27.5. The van der Waals surface area contributed by atoms with Crippen LogP contribution in [0, 0.1) is 11.3 Å². The topological polar surface area (TPSA) is 98.2 Å². The summed E-state index contributed by atoms with van der Waals surface area (Å²) in [7, 11) is 5.53. The molecule has 212 valence electrons. The van der Waals surface area contributed by atoms with Crippen LogP contribution in [0.2, 0.25) is 0 Å². The van der Waals surface area contributed by atoms with Crippen LogP contribution in [0.4, 0.5) is 10.1 Å². The second-order valence-corrected chi connectivity index (χ2v) is 10.5. The number of allylic oxidation sites excluding steroid dienone is 1. The monoisotopic (exact) mass is 556 g/mol. The van der Waals surface area contributed by atoms with Crippen LogP contribution in [0.15, 0.2) is 64.5 Å². The summed E-state index contributed by atoms with van der Waals surface area (Å²) in [6.07, 6.45) is 5.14. The van der Waals surface area contributed by atoms with Crippen molar-refractivity contribution in [2.24, 2.45) is 4.99 Å². The van der Waals surface area contributed by atoms with Gasteiger partial charge in [0, 0.05) is 56.3 Å². The minimum Gasteiger partial charge on any atom is -0.504 e. The van der Waals surface area contributed by atoms with E-state index in [1.807, 2.05) is 37.2 Å². The Morgan fingerprint density at radius 2 is 2.10 bits per heavy atom. The zero-order valence-electron chi connectivity index (χ0n) is 23.5. The smallest absolute Gasteiger partial charge is 0.271 e. The molecule has 2 atom stereocenters. The predicted molar refractivity (Wildman–Crippen MR) is 157 cm³/mol. The lowest BCUT2D eigenvalue weighted by molar-refractivity contribution is -0.126. The first-order valence-electron chi connectivity index (χ1n) is 13.5. The van der Waals surface area contributed by atoms with Gasteiger partial charge in [-0.3, -0.25) is 14.8 Å². The number of halogens is 1. The van der Waals surface area contributed by atoms with Crippen molar-refractivity contribution in [3.05, 3.63) is 66.4 Å². The molecule has 0 bridgehead atoms. The lowest BCUT2D eigenvalue weighted by Gasteiger charge is -2.20. The van der Waals surface area contributed by atoms with Crippen LogP contribution in [-0.2, 0) is 9.53 Å². The van der Waals surface area contributed by atoms with Gasteiger partial charge in [-0.1, -0.05) is 12.6 Å². The number of carbonyl (C=O) groups is 1. The molecule has 3 aromatic rings. The maximum Gasteiger partial charge on any atom is 0.271 e. The van der Waals surface area contributed by atoms with Crippen LogP contribution < -0.4 is 4.90 Å². The first-order chi connectivity index (χ1) is 19.8. The van der Waals surface area contributed by atoms with Gasteiger partial charge in [-0.05, 0) is 50.7 Å². The van der Waals surface area contributed by atoms with Crippen LogP contribution in [0.3, 0.4) is 0 Å². The molecule has 0 aliphatic carbocycles. The number of furan rings is 1. The van der Waals surface area contributed by atoms with Crippen LogP contribution in [0.25, 0.3) is 27.8 Å². The number of likely N-dealkylation sites (tertiary alicyclic amines) is 1. The SMILES string of the molecule is C=C(/N=C\C(=C\OC)c1cc2nccc(-c3ccc(N4CCC(F)C4)c(C#N)c3)c2o1)C(=O)N1CC[C@@H](N(C)C)C1. The van der Waals surface area contributed by atoms with Crippen molar-refractivity contribution in [2.75, 3.05) is 52.3 Å². The Bertz CT molecular complexity index is 1570. The summed E-state index contributed by atoms with van der Waals surface area (Å²) in [5, 5.41) is 9.84. The fourth-order valence-electron chi connectivity index (χ4n) is 5.33. The van der Waals surface area contributed by atoms with Crippen LogP contribution in [0.5, 0.6) is 0 Å². The van der Waals surface area contributed by atoms with Gasteiger partial charge in [0.05, 0.1) is 30.2 Å².